The zero-order valence-corrected chi connectivity index (χ0v) is 5.94. The van der Waals surface area contributed by atoms with E-state index in [2.05, 4.69) is 6.92 Å². The Morgan fingerprint density at radius 1 is 1.78 bits per heavy atom. The van der Waals surface area contributed by atoms with Crippen molar-refractivity contribution in [1.29, 1.82) is 0 Å². The van der Waals surface area contributed by atoms with Gasteiger partial charge >= 0.3 is 0 Å². The topological polar surface area (TPSA) is 29.6 Å². The summed E-state index contributed by atoms with van der Waals surface area (Å²) in [6.07, 6.45) is 1.57. The molecule has 0 aliphatic carbocycles. The van der Waals surface area contributed by atoms with E-state index in [0.29, 0.717) is 6.42 Å². The van der Waals surface area contributed by atoms with Gasteiger partial charge in [0, 0.05) is 6.42 Å². The van der Waals surface area contributed by atoms with Crippen molar-refractivity contribution in [2.75, 3.05) is 6.61 Å². The van der Waals surface area contributed by atoms with Gasteiger partial charge in [-0.2, -0.15) is 0 Å². The summed E-state index contributed by atoms with van der Waals surface area (Å²) in [5.74, 6) is 0.231. The Kier molecular flexibility index (Phi) is 1.58. The second-order valence-electron chi connectivity index (χ2n) is 2.70. The molecular weight excluding hydrogens is 116 g/mol. The summed E-state index contributed by atoms with van der Waals surface area (Å²) in [6, 6.07) is 0. The molecule has 0 amide bonds. The predicted octanol–water partition coefficient (Wildman–Crippen LogP) is 1.14. The van der Waals surface area contributed by atoms with Crippen molar-refractivity contribution in [3.05, 3.63) is 0 Å². The van der Waals surface area contributed by atoms with Gasteiger partial charge in [0.05, 0.1) is 12.2 Å². The van der Waals surface area contributed by atoms with Crippen molar-refractivity contribution in [2.24, 2.45) is 0 Å². The first-order chi connectivity index (χ1) is 4.18. The van der Waals surface area contributed by atoms with Crippen molar-refractivity contribution in [2.45, 2.75) is 32.3 Å². The fourth-order valence-corrected chi connectivity index (χ4v) is 0.987. The van der Waals surface area contributed by atoms with Crippen LogP contribution in [0.3, 0.4) is 0 Å². The highest BCUT2D eigenvalue weighted by Gasteiger charge is 2.43. The lowest BCUT2D eigenvalue weighted by Gasteiger charge is -2.03. The van der Waals surface area contributed by atoms with Crippen LogP contribution in [0.15, 0.2) is 0 Å². The van der Waals surface area contributed by atoms with Crippen LogP contribution in [-0.4, -0.2) is 18.0 Å². The number of carbonyl (C=O) groups excluding carboxylic acids is 1. The van der Waals surface area contributed by atoms with Gasteiger partial charge in [0.2, 0.25) is 0 Å². The van der Waals surface area contributed by atoms with Crippen LogP contribution in [0.1, 0.15) is 26.7 Å². The first-order valence-electron chi connectivity index (χ1n) is 3.32. The molecule has 52 valence electrons. The van der Waals surface area contributed by atoms with E-state index in [-0.39, 0.29) is 11.4 Å². The van der Waals surface area contributed by atoms with Crippen molar-refractivity contribution < 1.29 is 9.53 Å². The normalized spacial score (nSPS) is 32.2. The monoisotopic (exact) mass is 128 g/mol. The van der Waals surface area contributed by atoms with Crippen molar-refractivity contribution in [3.63, 3.8) is 0 Å². The lowest BCUT2D eigenvalue weighted by atomic mass is 10.0. The van der Waals surface area contributed by atoms with Crippen LogP contribution in [0, 0.1) is 0 Å². The van der Waals surface area contributed by atoms with Crippen molar-refractivity contribution in [3.8, 4) is 0 Å². The minimum absolute atomic E-state index is 0.0359. The molecule has 1 aliphatic heterocycles. The lowest BCUT2D eigenvalue weighted by Crippen LogP contribution is -2.13. The number of carbonyl (C=O) groups is 1. The van der Waals surface area contributed by atoms with Gasteiger partial charge in [0.25, 0.3) is 0 Å². The minimum Gasteiger partial charge on any atom is -0.369 e. The summed E-state index contributed by atoms with van der Waals surface area (Å²) in [6.45, 7) is 4.44. The Balaban J connectivity index is 2.33. The standard InChI is InChI=1S/C7H12O2/c1-3-7(5-9-7)4-6(2)8/h3-5H2,1-2H3. The van der Waals surface area contributed by atoms with Gasteiger partial charge in [-0.3, -0.25) is 4.79 Å². The van der Waals surface area contributed by atoms with Crippen LogP contribution in [0.25, 0.3) is 0 Å². The number of ether oxygens (including phenoxy) is 1. The van der Waals surface area contributed by atoms with Crippen LogP contribution in [0.4, 0.5) is 0 Å². The van der Waals surface area contributed by atoms with E-state index < -0.39 is 0 Å². The molecule has 1 heterocycles. The smallest absolute Gasteiger partial charge is 0.132 e. The molecule has 0 bridgehead atoms. The van der Waals surface area contributed by atoms with Gasteiger partial charge in [0.15, 0.2) is 0 Å². The molecule has 9 heavy (non-hydrogen) atoms. The Bertz CT molecular complexity index is 125. The summed E-state index contributed by atoms with van der Waals surface area (Å²) >= 11 is 0. The summed E-state index contributed by atoms with van der Waals surface area (Å²) < 4.78 is 5.14. The Labute approximate surface area is 55.2 Å². The number of hydrogen-bond donors (Lipinski definition) is 0. The molecule has 0 aromatic heterocycles. The highest BCUT2D eigenvalue weighted by molar-refractivity contribution is 5.77. The molecule has 0 aromatic carbocycles. The second-order valence-corrected chi connectivity index (χ2v) is 2.70. The average Bonchev–Trinajstić information content (AvgIpc) is 2.48. The fourth-order valence-electron chi connectivity index (χ4n) is 0.987. The zero-order valence-electron chi connectivity index (χ0n) is 5.94. The van der Waals surface area contributed by atoms with Crippen molar-refractivity contribution >= 4 is 5.78 Å². The first-order valence-corrected chi connectivity index (χ1v) is 3.32. The summed E-state index contributed by atoms with van der Waals surface area (Å²) in [7, 11) is 0. The molecule has 0 radical (unpaired) electrons. The molecule has 1 rings (SSSR count). The number of epoxide rings is 1. The number of rotatable bonds is 3. The molecule has 1 atom stereocenters. The predicted molar refractivity (Wildman–Crippen MR) is 34.3 cm³/mol. The lowest BCUT2D eigenvalue weighted by molar-refractivity contribution is -0.118. The van der Waals surface area contributed by atoms with Gasteiger partial charge < -0.3 is 4.74 Å². The maximum Gasteiger partial charge on any atom is 0.132 e. The van der Waals surface area contributed by atoms with Crippen LogP contribution >= 0.6 is 0 Å². The summed E-state index contributed by atoms with van der Waals surface area (Å²) in [5.41, 5.74) is -0.0359. The summed E-state index contributed by atoms with van der Waals surface area (Å²) in [5, 5.41) is 0. The van der Waals surface area contributed by atoms with Gasteiger partial charge in [0.1, 0.15) is 5.78 Å². The molecular formula is C7H12O2. The van der Waals surface area contributed by atoms with E-state index >= 15 is 0 Å². The van der Waals surface area contributed by atoms with E-state index in [1.165, 1.54) is 0 Å². The molecule has 0 N–H and O–H groups in total. The molecule has 0 spiro atoms. The van der Waals surface area contributed by atoms with Crippen LogP contribution in [0.5, 0.6) is 0 Å². The molecule has 1 aliphatic rings. The highest BCUT2D eigenvalue weighted by atomic mass is 16.6. The third-order valence-electron chi connectivity index (χ3n) is 1.77. The van der Waals surface area contributed by atoms with Gasteiger partial charge in [-0.1, -0.05) is 6.92 Å². The van der Waals surface area contributed by atoms with Gasteiger partial charge in [-0.25, -0.2) is 0 Å². The molecule has 2 heteroatoms. The Hall–Kier alpha value is -0.370. The Morgan fingerprint density at radius 3 is 2.44 bits per heavy atom. The Morgan fingerprint density at radius 2 is 2.33 bits per heavy atom. The molecule has 0 aromatic rings. The second kappa shape index (κ2) is 2.10. The third-order valence-corrected chi connectivity index (χ3v) is 1.77. The van der Waals surface area contributed by atoms with Crippen LogP contribution in [0.2, 0.25) is 0 Å². The average molecular weight is 128 g/mol. The quantitative estimate of drug-likeness (QED) is 0.533. The summed E-state index contributed by atoms with van der Waals surface area (Å²) in [4.78, 5) is 10.6. The van der Waals surface area contributed by atoms with Crippen LogP contribution in [-0.2, 0) is 9.53 Å². The van der Waals surface area contributed by atoms with Crippen LogP contribution < -0.4 is 0 Å². The molecule has 1 fully saturated rings. The third kappa shape index (κ3) is 1.52. The fraction of sp³-hybridized carbons (Fsp3) is 0.857. The number of Topliss-reactive ketones (excluding diaryl/α,β-unsaturated/α-hetero) is 1. The molecule has 2 nitrogen and oxygen atoms in total. The number of ketones is 1. The van der Waals surface area contributed by atoms with E-state index in [1.807, 2.05) is 0 Å². The maximum absolute atomic E-state index is 10.6. The van der Waals surface area contributed by atoms with E-state index in [0.717, 1.165) is 13.0 Å². The van der Waals surface area contributed by atoms with E-state index in [1.54, 1.807) is 6.92 Å². The van der Waals surface area contributed by atoms with Gasteiger partial charge in [-0.15, -0.1) is 0 Å². The van der Waals surface area contributed by atoms with Gasteiger partial charge in [-0.05, 0) is 13.3 Å². The number of hydrogen-bond acceptors (Lipinski definition) is 2. The highest BCUT2D eigenvalue weighted by Crippen LogP contribution is 2.34. The maximum atomic E-state index is 10.6. The van der Waals surface area contributed by atoms with Crippen molar-refractivity contribution in [1.82, 2.24) is 0 Å². The minimum atomic E-state index is -0.0359. The molecule has 1 unspecified atom stereocenters. The molecule has 1 saturated heterocycles. The zero-order chi connectivity index (χ0) is 6.91. The molecule has 0 saturated carbocycles. The van der Waals surface area contributed by atoms with E-state index in [4.69, 9.17) is 4.74 Å². The SMILES string of the molecule is CCC1(CC(C)=O)CO1. The largest absolute Gasteiger partial charge is 0.369 e. The first kappa shape index (κ1) is 6.75. The van der Waals surface area contributed by atoms with E-state index in [9.17, 15) is 4.79 Å².